The van der Waals surface area contributed by atoms with Crippen LogP contribution in [0.5, 0.6) is 0 Å². The molecule has 0 atom stereocenters. The molecule has 0 bridgehead atoms. The van der Waals surface area contributed by atoms with Crippen LogP contribution in [0.2, 0.25) is 0 Å². The summed E-state index contributed by atoms with van der Waals surface area (Å²) >= 11 is 0. The summed E-state index contributed by atoms with van der Waals surface area (Å²) in [6.07, 6.45) is 1.88. The minimum absolute atomic E-state index is 0.948. The van der Waals surface area contributed by atoms with Gasteiger partial charge in [-0.15, -0.1) is 0 Å². The number of benzene rings is 7. The lowest BCUT2D eigenvalue weighted by Crippen LogP contribution is -2.00. The summed E-state index contributed by atoms with van der Waals surface area (Å²) in [4.78, 5) is 15.7. The van der Waals surface area contributed by atoms with Gasteiger partial charge in [0.25, 0.3) is 0 Å². The van der Waals surface area contributed by atoms with Crippen molar-refractivity contribution in [2.24, 2.45) is 0 Å². The lowest BCUT2D eigenvalue weighted by molar-refractivity contribution is 1.26. The van der Waals surface area contributed by atoms with Gasteiger partial charge in [0.15, 0.2) is 0 Å². The first kappa shape index (κ1) is 32.0. The molecule has 0 fully saturated rings. The Bertz CT molecular complexity index is 3130. The maximum Gasteiger partial charge on any atom is 0.0975 e. The van der Waals surface area contributed by atoms with E-state index in [9.17, 15) is 0 Å². The summed E-state index contributed by atoms with van der Waals surface area (Å²) in [5.41, 5.74) is 16.8. The Hall–Kier alpha value is -6.71. The Kier molecular flexibility index (Phi) is 7.38. The first-order chi connectivity index (χ1) is 26.5. The SMILES string of the molecule is Cc1c(-c2ccc(-c3ccc(-c4cccc5cccnc45)c4ccccc34)cc2)nc2c(ccc3c(C)c(C)c(-c4cccc5ccccc45)nc32)c1C. The number of fused-ring (bicyclic) bond motifs is 6. The van der Waals surface area contributed by atoms with E-state index in [1.807, 2.05) is 12.3 Å². The lowest BCUT2D eigenvalue weighted by Gasteiger charge is -2.17. The molecule has 0 spiro atoms. The number of nitrogens with zero attached hydrogens (tertiary/aromatic N) is 3. The summed E-state index contributed by atoms with van der Waals surface area (Å²) in [5, 5.41) is 8.30. The number of pyridine rings is 3. The van der Waals surface area contributed by atoms with Gasteiger partial charge in [-0.1, -0.05) is 140 Å². The van der Waals surface area contributed by atoms with Crippen LogP contribution in [0.1, 0.15) is 22.3 Å². The summed E-state index contributed by atoms with van der Waals surface area (Å²) in [5.74, 6) is 0. The molecule has 10 rings (SSSR count). The highest BCUT2D eigenvalue weighted by atomic mass is 14.8. The monoisotopic (exact) mass is 691 g/mol. The summed E-state index contributed by atoms with van der Waals surface area (Å²) < 4.78 is 0. The van der Waals surface area contributed by atoms with Crippen LogP contribution in [-0.2, 0) is 0 Å². The van der Waals surface area contributed by atoms with Crippen LogP contribution in [0.25, 0.3) is 99.0 Å². The van der Waals surface area contributed by atoms with E-state index in [4.69, 9.17) is 15.0 Å². The van der Waals surface area contributed by atoms with E-state index in [0.29, 0.717) is 0 Å². The fraction of sp³-hybridized carbons (Fsp3) is 0.0784. The molecule has 7 aromatic carbocycles. The predicted octanol–water partition coefficient (Wildman–Crippen LogP) is 13.5. The second kappa shape index (κ2) is 12.5. The maximum atomic E-state index is 5.46. The van der Waals surface area contributed by atoms with Gasteiger partial charge >= 0.3 is 0 Å². The van der Waals surface area contributed by atoms with Gasteiger partial charge in [0, 0.05) is 39.0 Å². The molecule has 0 unspecified atom stereocenters. The highest BCUT2D eigenvalue weighted by Gasteiger charge is 2.19. The van der Waals surface area contributed by atoms with E-state index in [0.717, 1.165) is 60.8 Å². The molecule has 0 aliphatic carbocycles. The van der Waals surface area contributed by atoms with Crippen LogP contribution in [0.4, 0.5) is 0 Å². The Balaban J connectivity index is 1.11. The number of rotatable bonds is 4. The zero-order valence-electron chi connectivity index (χ0n) is 30.8. The molecule has 256 valence electrons. The highest BCUT2D eigenvalue weighted by molar-refractivity contribution is 6.10. The summed E-state index contributed by atoms with van der Waals surface area (Å²) in [7, 11) is 0. The van der Waals surface area contributed by atoms with E-state index in [1.54, 1.807) is 0 Å². The summed E-state index contributed by atoms with van der Waals surface area (Å²) in [6, 6.07) is 52.2. The third-order valence-electron chi connectivity index (χ3n) is 11.6. The van der Waals surface area contributed by atoms with Crippen molar-refractivity contribution in [3.8, 4) is 44.8 Å². The molecule has 3 aromatic heterocycles. The Morgan fingerprint density at radius 2 is 0.852 bits per heavy atom. The first-order valence-electron chi connectivity index (χ1n) is 18.6. The van der Waals surface area contributed by atoms with Crippen LogP contribution < -0.4 is 0 Å². The molecule has 0 aliphatic rings. The Morgan fingerprint density at radius 3 is 1.59 bits per heavy atom. The first-order valence-corrected chi connectivity index (χ1v) is 18.6. The van der Waals surface area contributed by atoms with Crippen molar-refractivity contribution in [3.05, 3.63) is 174 Å². The van der Waals surface area contributed by atoms with Crippen molar-refractivity contribution in [2.75, 3.05) is 0 Å². The molecule has 54 heavy (non-hydrogen) atoms. The van der Waals surface area contributed by atoms with Crippen LogP contribution in [-0.4, -0.2) is 15.0 Å². The largest absolute Gasteiger partial charge is 0.256 e. The second-order valence-electron chi connectivity index (χ2n) is 14.5. The fourth-order valence-electron chi connectivity index (χ4n) is 8.45. The van der Waals surface area contributed by atoms with E-state index in [2.05, 4.69) is 167 Å². The van der Waals surface area contributed by atoms with Crippen LogP contribution >= 0.6 is 0 Å². The van der Waals surface area contributed by atoms with Gasteiger partial charge in [-0.05, 0) is 94.3 Å². The third kappa shape index (κ3) is 4.93. The molecule has 0 radical (unpaired) electrons. The average molecular weight is 692 g/mol. The quantitative estimate of drug-likeness (QED) is 0.172. The van der Waals surface area contributed by atoms with Crippen molar-refractivity contribution < 1.29 is 0 Å². The molecule has 0 saturated heterocycles. The van der Waals surface area contributed by atoms with E-state index < -0.39 is 0 Å². The topological polar surface area (TPSA) is 38.7 Å². The molecule has 3 nitrogen and oxygen atoms in total. The summed E-state index contributed by atoms with van der Waals surface area (Å²) in [6.45, 7) is 8.82. The minimum atomic E-state index is 0.948. The number of hydrogen-bond acceptors (Lipinski definition) is 3. The van der Waals surface area contributed by atoms with Gasteiger partial charge in [-0.2, -0.15) is 0 Å². The van der Waals surface area contributed by atoms with Crippen molar-refractivity contribution >= 4 is 54.3 Å². The van der Waals surface area contributed by atoms with Crippen molar-refractivity contribution in [1.29, 1.82) is 0 Å². The van der Waals surface area contributed by atoms with E-state index in [-0.39, 0.29) is 0 Å². The van der Waals surface area contributed by atoms with Gasteiger partial charge in [-0.25, -0.2) is 9.97 Å². The zero-order valence-corrected chi connectivity index (χ0v) is 30.8. The average Bonchev–Trinajstić information content (AvgIpc) is 3.22. The van der Waals surface area contributed by atoms with Crippen LogP contribution in [0, 0.1) is 27.7 Å². The van der Waals surface area contributed by atoms with Gasteiger partial charge in [0.1, 0.15) is 0 Å². The maximum absolute atomic E-state index is 5.46. The van der Waals surface area contributed by atoms with Gasteiger partial charge in [0.2, 0.25) is 0 Å². The van der Waals surface area contributed by atoms with Crippen molar-refractivity contribution in [1.82, 2.24) is 15.0 Å². The molecule has 0 saturated carbocycles. The van der Waals surface area contributed by atoms with E-state index >= 15 is 0 Å². The van der Waals surface area contributed by atoms with Gasteiger partial charge in [-0.3, -0.25) is 4.98 Å². The number of hydrogen-bond donors (Lipinski definition) is 0. The second-order valence-corrected chi connectivity index (χ2v) is 14.5. The fourth-order valence-corrected chi connectivity index (χ4v) is 8.45. The third-order valence-corrected chi connectivity index (χ3v) is 11.6. The Morgan fingerprint density at radius 1 is 0.315 bits per heavy atom. The number of aryl methyl sites for hydroxylation is 2. The normalized spacial score (nSPS) is 11.7. The van der Waals surface area contributed by atoms with Crippen LogP contribution in [0.15, 0.2) is 152 Å². The number of para-hydroxylation sites is 1. The molecule has 0 aliphatic heterocycles. The Labute approximate surface area is 314 Å². The predicted molar refractivity (Wildman–Crippen MR) is 228 cm³/mol. The lowest BCUT2D eigenvalue weighted by atomic mass is 9.90. The standard InChI is InChI=1S/C51H37N3/c1-30-32(3)47(53-50-38(30)25-26-39-31(2)33(4)48(54-51(39)50)45-19-9-13-34-12-5-6-16-40(34)45)37-23-21-35(22-24-37)41-27-28-44(43-18-8-7-17-42(41)43)46-20-10-14-36-15-11-29-52-49(36)46/h5-29H,1-4H3. The van der Waals surface area contributed by atoms with Crippen molar-refractivity contribution in [2.45, 2.75) is 27.7 Å². The smallest absolute Gasteiger partial charge is 0.0975 e. The number of aromatic nitrogens is 3. The van der Waals surface area contributed by atoms with Crippen LogP contribution in [0.3, 0.4) is 0 Å². The molecule has 10 aromatic rings. The van der Waals surface area contributed by atoms with Gasteiger partial charge in [0.05, 0.1) is 27.9 Å². The van der Waals surface area contributed by atoms with Gasteiger partial charge < -0.3 is 0 Å². The molecule has 0 amide bonds. The van der Waals surface area contributed by atoms with E-state index in [1.165, 1.54) is 60.5 Å². The molecule has 0 N–H and O–H groups in total. The molecule has 3 heteroatoms. The molecule has 3 heterocycles. The zero-order chi connectivity index (χ0) is 36.5. The molecular formula is C51H37N3. The minimum Gasteiger partial charge on any atom is -0.256 e. The molecular weight excluding hydrogens is 655 g/mol. The van der Waals surface area contributed by atoms with Crippen molar-refractivity contribution in [3.63, 3.8) is 0 Å². The highest BCUT2D eigenvalue weighted by Crippen LogP contribution is 2.40.